The molecule has 1 N–H and O–H groups in total. The zero-order valence-corrected chi connectivity index (χ0v) is 13.7. The van der Waals surface area contributed by atoms with Crippen molar-refractivity contribution in [1.29, 1.82) is 0 Å². The topological polar surface area (TPSA) is 29.1 Å². The van der Waals surface area contributed by atoms with E-state index in [-0.39, 0.29) is 5.91 Å². The summed E-state index contributed by atoms with van der Waals surface area (Å²) in [4.78, 5) is 13.4. The smallest absolute Gasteiger partial charge is 0.256 e. The van der Waals surface area contributed by atoms with Crippen molar-refractivity contribution in [2.45, 2.75) is 25.2 Å². The Balaban J connectivity index is 2.18. The fraction of sp³-hybridized carbons (Fsp3) is 0.235. The molecule has 0 aliphatic rings. The minimum atomic E-state index is -0.103. The molecule has 0 heterocycles. The maximum atomic E-state index is 12.4. The van der Waals surface area contributed by atoms with Crippen molar-refractivity contribution in [2.75, 3.05) is 11.1 Å². The molecule has 110 valence electrons. The van der Waals surface area contributed by atoms with E-state index in [4.69, 9.17) is 11.6 Å². The van der Waals surface area contributed by atoms with Gasteiger partial charge >= 0.3 is 0 Å². The largest absolute Gasteiger partial charge is 0.322 e. The van der Waals surface area contributed by atoms with Gasteiger partial charge in [-0.1, -0.05) is 36.7 Å². The Morgan fingerprint density at radius 3 is 2.71 bits per heavy atom. The number of thioether (sulfide) groups is 1. The Hall–Kier alpha value is -1.45. The van der Waals surface area contributed by atoms with Gasteiger partial charge in [0.2, 0.25) is 0 Å². The fourth-order valence-electron chi connectivity index (χ4n) is 1.86. The van der Waals surface area contributed by atoms with E-state index in [2.05, 4.69) is 12.2 Å². The average Bonchev–Trinajstić information content (AvgIpc) is 2.49. The molecule has 4 heteroatoms. The first kappa shape index (κ1) is 15.9. The van der Waals surface area contributed by atoms with Gasteiger partial charge in [-0.25, -0.2) is 0 Å². The van der Waals surface area contributed by atoms with Crippen molar-refractivity contribution >= 4 is 35.0 Å². The summed E-state index contributed by atoms with van der Waals surface area (Å²) in [5.74, 6) is 0.898. The molecule has 0 aliphatic heterocycles. The first-order valence-corrected chi connectivity index (χ1v) is 8.27. The summed E-state index contributed by atoms with van der Waals surface area (Å²) in [5.41, 5.74) is 2.41. The molecule has 0 aromatic heterocycles. The molecule has 0 unspecified atom stereocenters. The van der Waals surface area contributed by atoms with E-state index in [1.807, 2.05) is 43.3 Å². The second-order valence-corrected chi connectivity index (χ2v) is 6.31. The molecule has 2 aromatic carbocycles. The molecule has 2 aromatic rings. The fourth-order valence-corrected chi connectivity index (χ4v) is 2.96. The minimum Gasteiger partial charge on any atom is -0.322 e. The third-order valence-corrected chi connectivity index (χ3v) is 4.71. The summed E-state index contributed by atoms with van der Waals surface area (Å²) in [6, 6.07) is 13.2. The van der Waals surface area contributed by atoms with Crippen LogP contribution in [0.1, 0.15) is 29.3 Å². The molecule has 21 heavy (non-hydrogen) atoms. The number of anilines is 1. The number of amides is 1. The second kappa shape index (κ2) is 7.53. The van der Waals surface area contributed by atoms with Gasteiger partial charge in [-0.2, -0.15) is 0 Å². The van der Waals surface area contributed by atoms with Crippen LogP contribution in [0.4, 0.5) is 5.69 Å². The van der Waals surface area contributed by atoms with Gasteiger partial charge in [0.25, 0.3) is 5.91 Å². The van der Waals surface area contributed by atoms with Crippen LogP contribution >= 0.6 is 23.4 Å². The van der Waals surface area contributed by atoms with E-state index >= 15 is 0 Å². The molecule has 0 spiro atoms. The summed E-state index contributed by atoms with van der Waals surface area (Å²) in [5, 5.41) is 3.56. The zero-order chi connectivity index (χ0) is 15.2. The van der Waals surface area contributed by atoms with Crippen LogP contribution in [-0.2, 0) is 0 Å². The summed E-state index contributed by atoms with van der Waals surface area (Å²) in [6.07, 6.45) is 1.08. The highest BCUT2D eigenvalue weighted by Gasteiger charge is 2.11. The molecule has 2 nitrogen and oxygen atoms in total. The monoisotopic (exact) mass is 319 g/mol. The van der Waals surface area contributed by atoms with Gasteiger partial charge in [-0.15, -0.1) is 11.8 Å². The lowest BCUT2D eigenvalue weighted by Gasteiger charge is -2.10. The lowest BCUT2D eigenvalue weighted by molar-refractivity contribution is 0.102. The third kappa shape index (κ3) is 4.26. The quantitative estimate of drug-likeness (QED) is 0.747. The Kier molecular flexibility index (Phi) is 5.71. The predicted molar refractivity (Wildman–Crippen MR) is 91.6 cm³/mol. The van der Waals surface area contributed by atoms with Crippen molar-refractivity contribution in [2.24, 2.45) is 0 Å². The van der Waals surface area contributed by atoms with Crippen LogP contribution in [0, 0.1) is 6.92 Å². The van der Waals surface area contributed by atoms with Crippen molar-refractivity contribution in [3.63, 3.8) is 0 Å². The van der Waals surface area contributed by atoms with Crippen LogP contribution < -0.4 is 5.32 Å². The van der Waals surface area contributed by atoms with Gasteiger partial charge in [0.15, 0.2) is 0 Å². The number of aryl methyl sites for hydroxylation is 1. The van der Waals surface area contributed by atoms with Crippen LogP contribution in [-0.4, -0.2) is 11.7 Å². The summed E-state index contributed by atoms with van der Waals surface area (Å²) < 4.78 is 0. The SMILES string of the molecule is CCCSc1ccccc1C(=O)Nc1ccc(C)c(Cl)c1. The highest BCUT2D eigenvalue weighted by atomic mass is 35.5. The van der Waals surface area contributed by atoms with Gasteiger partial charge < -0.3 is 5.32 Å². The minimum absolute atomic E-state index is 0.103. The number of hydrogen-bond acceptors (Lipinski definition) is 2. The molecule has 0 atom stereocenters. The van der Waals surface area contributed by atoms with Gasteiger partial charge in [0.05, 0.1) is 5.56 Å². The van der Waals surface area contributed by atoms with Crippen molar-refractivity contribution in [3.05, 3.63) is 58.6 Å². The van der Waals surface area contributed by atoms with Gasteiger partial charge in [0, 0.05) is 15.6 Å². The first-order valence-electron chi connectivity index (χ1n) is 6.91. The van der Waals surface area contributed by atoms with Crippen molar-refractivity contribution in [3.8, 4) is 0 Å². The lowest BCUT2D eigenvalue weighted by Crippen LogP contribution is -2.13. The number of carbonyl (C=O) groups excluding carboxylic acids is 1. The normalized spacial score (nSPS) is 10.4. The number of nitrogens with one attached hydrogen (secondary N) is 1. The second-order valence-electron chi connectivity index (χ2n) is 4.76. The molecule has 2 rings (SSSR count). The summed E-state index contributed by atoms with van der Waals surface area (Å²) in [7, 11) is 0. The number of carbonyl (C=O) groups is 1. The van der Waals surface area contributed by atoms with E-state index in [0.29, 0.717) is 16.3 Å². The van der Waals surface area contributed by atoms with E-state index < -0.39 is 0 Å². The van der Waals surface area contributed by atoms with E-state index in [1.54, 1.807) is 17.8 Å². The Morgan fingerprint density at radius 2 is 2.00 bits per heavy atom. The van der Waals surface area contributed by atoms with Crippen LogP contribution in [0.3, 0.4) is 0 Å². The Morgan fingerprint density at radius 1 is 1.24 bits per heavy atom. The third-order valence-electron chi connectivity index (χ3n) is 3.02. The van der Waals surface area contributed by atoms with E-state index in [9.17, 15) is 4.79 Å². The number of halogens is 1. The molecule has 0 bridgehead atoms. The molecule has 0 saturated heterocycles. The standard InChI is InChI=1S/C17H18ClNOS/c1-3-10-21-16-7-5-4-6-14(16)17(20)19-13-9-8-12(2)15(18)11-13/h4-9,11H,3,10H2,1-2H3,(H,19,20). The molecule has 0 saturated carbocycles. The van der Waals surface area contributed by atoms with Crippen LogP contribution in [0.5, 0.6) is 0 Å². The zero-order valence-electron chi connectivity index (χ0n) is 12.2. The van der Waals surface area contributed by atoms with Crippen LogP contribution in [0.25, 0.3) is 0 Å². The van der Waals surface area contributed by atoms with E-state index in [0.717, 1.165) is 22.6 Å². The lowest BCUT2D eigenvalue weighted by atomic mass is 10.2. The maximum absolute atomic E-state index is 12.4. The van der Waals surface area contributed by atoms with Crippen molar-refractivity contribution in [1.82, 2.24) is 0 Å². The highest BCUT2D eigenvalue weighted by Crippen LogP contribution is 2.25. The summed E-state index contributed by atoms with van der Waals surface area (Å²) in [6.45, 7) is 4.06. The molecular weight excluding hydrogens is 302 g/mol. The molecule has 0 fully saturated rings. The average molecular weight is 320 g/mol. The van der Waals surface area contributed by atoms with Crippen molar-refractivity contribution < 1.29 is 4.79 Å². The number of rotatable bonds is 5. The predicted octanol–water partition coefficient (Wildman–Crippen LogP) is 5.40. The molecule has 1 amide bonds. The Bertz CT molecular complexity index is 642. The molecule has 0 radical (unpaired) electrons. The van der Waals surface area contributed by atoms with Gasteiger partial charge in [-0.05, 0) is 48.9 Å². The highest BCUT2D eigenvalue weighted by molar-refractivity contribution is 7.99. The maximum Gasteiger partial charge on any atom is 0.256 e. The number of benzene rings is 2. The van der Waals surface area contributed by atoms with Crippen LogP contribution in [0.2, 0.25) is 5.02 Å². The molecule has 0 aliphatic carbocycles. The van der Waals surface area contributed by atoms with Crippen LogP contribution in [0.15, 0.2) is 47.4 Å². The van der Waals surface area contributed by atoms with Gasteiger partial charge in [-0.3, -0.25) is 4.79 Å². The summed E-state index contributed by atoms with van der Waals surface area (Å²) >= 11 is 7.79. The van der Waals surface area contributed by atoms with Gasteiger partial charge in [0.1, 0.15) is 0 Å². The number of hydrogen-bond donors (Lipinski definition) is 1. The Labute approximate surface area is 134 Å². The molecular formula is C17H18ClNOS. The van der Waals surface area contributed by atoms with E-state index in [1.165, 1.54) is 0 Å². The first-order chi connectivity index (χ1) is 10.1.